The van der Waals surface area contributed by atoms with Crippen molar-refractivity contribution >= 4 is 39.1 Å². The first-order chi connectivity index (χ1) is 14.4. The number of aryl methyl sites for hydroxylation is 1. The molecule has 10 heteroatoms. The van der Waals surface area contributed by atoms with Crippen LogP contribution in [0.2, 0.25) is 0 Å². The minimum absolute atomic E-state index is 0.0249. The number of hydrogen-bond acceptors (Lipinski definition) is 8. The van der Waals surface area contributed by atoms with Gasteiger partial charge in [0.05, 0.1) is 40.8 Å². The molecule has 0 spiro atoms. The van der Waals surface area contributed by atoms with E-state index in [1.54, 1.807) is 31.3 Å². The van der Waals surface area contributed by atoms with Gasteiger partial charge in [0.25, 0.3) is 5.56 Å². The Bertz CT molecular complexity index is 1440. The second-order valence-corrected chi connectivity index (χ2v) is 6.44. The van der Waals surface area contributed by atoms with Crippen molar-refractivity contribution in [3.63, 3.8) is 0 Å². The van der Waals surface area contributed by atoms with Crippen LogP contribution < -0.4 is 15.6 Å². The van der Waals surface area contributed by atoms with E-state index in [4.69, 9.17) is 10.00 Å². The van der Waals surface area contributed by atoms with Crippen molar-refractivity contribution in [2.24, 2.45) is 7.05 Å². The van der Waals surface area contributed by atoms with E-state index >= 15 is 0 Å². The van der Waals surface area contributed by atoms with Crippen LogP contribution in [0.3, 0.4) is 0 Å². The van der Waals surface area contributed by atoms with E-state index in [2.05, 4.69) is 21.4 Å². The zero-order valence-electron chi connectivity index (χ0n) is 15.9. The molecular weight excluding hydrogens is 388 g/mol. The highest BCUT2D eigenvalue weighted by atomic mass is 16.6. The van der Waals surface area contributed by atoms with Gasteiger partial charge in [-0.25, -0.2) is 9.97 Å². The summed E-state index contributed by atoms with van der Waals surface area (Å²) < 4.78 is 6.49. The van der Waals surface area contributed by atoms with Gasteiger partial charge in [-0.05, 0) is 24.3 Å². The van der Waals surface area contributed by atoms with Gasteiger partial charge in [0.15, 0.2) is 5.75 Å². The molecule has 10 nitrogen and oxygen atoms in total. The average Bonchev–Trinajstić information content (AvgIpc) is 2.76. The molecule has 0 aliphatic rings. The number of nitriles is 1. The second-order valence-electron chi connectivity index (χ2n) is 6.44. The molecule has 4 aromatic rings. The molecule has 0 saturated heterocycles. The molecule has 2 heterocycles. The van der Waals surface area contributed by atoms with E-state index in [1.165, 1.54) is 30.0 Å². The van der Waals surface area contributed by atoms with Gasteiger partial charge in [-0.1, -0.05) is 6.07 Å². The van der Waals surface area contributed by atoms with Crippen LogP contribution in [0.1, 0.15) is 5.56 Å². The van der Waals surface area contributed by atoms with Crippen LogP contribution in [0.25, 0.3) is 21.8 Å². The highest BCUT2D eigenvalue weighted by molar-refractivity contribution is 6.05. The van der Waals surface area contributed by atoms with E-state index in [-0.39, 0.29) is 22.8 Å². The normalized spacial score (nSPS) is 10.7. The summed E-state index contributed by atoms with van der Waals surface area (Å²) in [6.07, 6.45) is 1.49. The van der Waals surface area contributed by atoms with Gasteiger partial charge in [-0.15, -0.1) is 0 Å². The lowest BCUT2D eigenvalue weighted by Crippen LogP contribution is -2.18. The number of rotatable bonds is 4. The molecule has 0 atom stereocenters. The maximum atomic E-state index is 12.8. The number of aromatic nitrogens is 3. The van der Waals surface area contributed by atoms with Crippen molar-refractivity contribution in [2.45, 2.75) is 0 Å². The van der Waals surface area contributed by atoms with E-state index in [0.29, 0.717) is 27.7 Å². The fourth-order valence-electron chi connectivity index (χ4n) is 3.21. The predicted molar refractivity (Wildman–Crippen MR) is 110 cm³/mol. The Morgan fingerprint density at radius 1 is 1.27 bits per heavy atom. The van der Waals surface area contributed by atoms with Gasteiger partial charge in [0.2, 0.25) is 5.95 Å². The highest BCUT2D eigenvalue weighted by Crippen LogP contribution is 2.33. The fourth-order valence-corrected chi connectivity index (χ4v) is 3.21. The lowest BCUT2D eigenvalue weighted by molar-refractivity contribution is -0.385. The van der Waals surface area contributed by atoms with Gasteiger partial charge in [0.1, 0.15) is 5.52 Å². The number of nitrogens with one attached hydrogen (secondary N) is 1. The Morgan fingerprint density at radius 2 is 2.07 bits per heavy atom. The number of benzene rings is 2. The first-order valence-corrected chi connectivity index (χ1v) is 8.72. The average molecular weight is 402 g/mol. The third kappa shape index (κ3) is 3.04. The largest absolute Gasteiger partial charge is 0.490 e. The number of ether oxygens (including phenoxy) is 1. The van der Waals surface area contributed by atoms with Crippen molar-refractivity contribution in [1.29, 1.82) is 5.26 Å². The summed E-state index contributed by atoms with van der Waals surface area (Å²) in [4.78, 5) is 32.3. The number of nitro benzene ring substituents is 1. The molecule has 2 aromatic carbocycles. The van der Waals surface area contributed by atoms with E-state index in [9.17, 15) is 14.9 Å². The summed E-state index contributed by atoms with van der Waals surface area (Å²) in [5.74, 6) is 0.270. The topological polar surface area (TPSA) is 136 Å². The molecule has 0 aliphatic carbocycles. The van der Waals surface area contributed by atoms with Gasteiger partial charge >= 0.3 is 5.69 Å². The third-order valence-electron chi connectivity index (χ3n) is 4.68. The Labute approximate surface area is 169 Å². The monoisotopic (exact) mass is 402 g/mol. The Hall–Kier alpha value is -4.52. The summed E-state index contributed by atoms with van der Waals surface area (Å²) in [5.41, 5.74) is 1.27. The van der Waals surface area contributed by atoms with Gasteiger partial charge in [0, 0.05) is 24.2 Å². The number of methoxy groups -OCH3 is 1. The molecule has 0 radical (unpaired) electrons. The smallest absolute Gasteiger partial charge is 0.311 e. The molecule has 0 bridgehead atoms. The minimum Gasteiger partial charge on any atom is -0.490 e. The van der Waals surface area contributed by atoms with Crippen LogP contribution in [0.4, 0.5) is 17.3 Å². The van der Waals surface area contributed by atoms with Gasteiger partial charge in [-0.2, -0.15) is 5.26 Å². The van der Waals surface area contributed by atoms with E-state index < -0.39 is 10.5 Å². The quantitative estimate of drug-likeness (QED) is 0.312. The molecular formula is C20H14N6O4. The molecule has 0 aliphatic heterocycles. The first kappa shape index (κ1) is 18.8. The molecule has 2 aromatic heterocycles. The molecule has 0 amide bonds. The summed E-state index contributed by atoms with van der Waals surface area (Å²) in [5, 5.41) is 24.0. The van der Waals surface area contributed by atoms with Crippen LogP contribution in [0.5, 0.6) is 5.75 Å². The molecule has 1 N–H and O–H groups in total. The van der Waals surface area contributed by atoms with Gasteiger partial charge in [-0.3, -0.25) is 14.9 Å². The molecule has 0 saturated carbocycles. The minimum atomic E-state index is -0.600. The maximum absolute atomic E-state index is 12.8. The van der Waals surface area contributed by atoms with Crippen LogP contribution in [0.15, 0.2) is 47.4 Å². The summed E-state index contributed by atoms with van der Waals surface area (Å²) in [6.45, 7) is 0. The standard InChI is InChI=1S/C20H14N6O4/c1-25-16-10-22-20(23-12-5-3-4-11(6-12)9-21)24-18(16)13-8-17(30-2)15(26(28)29)7-14(13)19(25)27/h3-8,10H,1-2H3,(H,22,23,24). The number of fused-ring (bicyclic) bond motifs is 3. The van der Waals surface area contributed by atoms with E-state index in [1.807, 2.05) is 0 Å². The van der Waals surface area contributed by atoms with Gasteiger partial charge < -0.3 is 14.6 Å². The second kappa shape index (κ2) is 7.14. The van der Waals surface area contributed by atoms with Crippen molar-refractivity contribution in [3.8, 4) is 11.8 Å². The van der Waals surface area contributed by atoms with Crippen molar-refractivity contribution in [1.82, 2.24) is 14.5 Å². The molecule has 0 unspecified atom stereocenters. The third-order valence-corrected chi connectivity index (χ3v) is 4.68. The van der Waals surface area contributed by atoms with Crippen molar-refractivity contribution in [2.75, 3.05) is 12.4 Å². The summed E-state index contributed by atoms with van der Waals surface area (Å²) in [6, 6.07) is 11.5. The fraction of sp³-hybridized carbons (Fsp3) is 0.100. The lowest BCUT2D eigenvalue weighted by Gasteiger charge is -2.11. The zero-order valence-corrected chi connectivity index (χ0v) is 15.9. The number of anilines is 2. The lowest BCUT2D eigenvalue weighted by atomic mass is 10.1. The molecule has 30 heavy (non-hydrogen) atoms. The van der Waals surface area contributed by atoms with Crippen molar-refractivity contribution in [3.05, 3.63) is 68.6 Å². The Kier molecular flexibility index (Phi) is 4.48. The SMILES string of the molecule is COc1cc2c(cc1[N+](=O)[O-])c(=O)n(C)c1cnc(Nc3cccc(C#N)c3)nc21. The molecule has 4 rings (SSSR count). The Morgan fingerprint density at radius 3 is 2.77 bits per heavy atom. The number of pyridine rings is 1. The predicted octanol–water partition coefficient (Wildman–Crippen LogP) is 3.01. The zero-order chi connectivity index (χ0) is 21.4. The first-order valence-electron chi connectivity index (χ1n) is 8.72. The summed E-state index contributed by atoms with van der Waals surface area (Å²) in [7, 11) is 2.87. The van der Waals surface area contributed by atoms with Crippen molar-refractivity contribution < 1.29 is 9.66 Å². The molecule has 0 fully saturated rings. The molecule has 148 valence electrons. The van der Waals surface area contributed by atoms with E-state index in [0.717, 1.165) is 0 Å². The number of nitro groups is 1. The summed E-state index contributed by atoms with van der Waals surface area (Å²) >= 11 is 0. The van der Waals surface area contributed by atoms with Crippen LogP contribution in [-0.4, -0.2) is 26.6 Å². The van der Waals surface area contributed by atoms with Crippen LogP contribution in [-0.2, 0) is 7.05 Å². The van der Waals surface area contributed by atoms with Crippen LogP contribution >= 0.6 is 0 Å². The Balaban J connectivity index is 1.97. The number of hydrogen-bond donors (Lipinski definition) is 1. The van der Waals surface area contributed by atoms with Crippen LogP contribution in [0, 0.1) is 21.4 Å². The maximum Gasteiger partial charge on any atom is 0.311 e. The number of nitrogens with zero attached hydrogens (tertiary/aromatic N) is 5. The highest BCUT2D eigenvalue weighted by Gasteiger charge is 2.20.